The Hall–Kier alpha value is -1.43. The van der Waals surface area contributed by atoms with E-state index >= 15 is 0 Å². The molecule has 3 heteroatoms. The normalized spacial score (nSPS) is 8.90. The van der Waals surface area contributed by atoms with Gasteiger partial charge in [0.1, 0.15) is 5.82 Å². The molecule has 50 valence electrons. The molecule has 0 spiro atoms. The molecule has 0 aromatic heterocycles. The fraction of sp³-hybridized carbons (Fsp3) is 0.143. The van der Waals surface area contributed by atoms with Crippen LogP contribution in [0.1, 0.15) is 5.56 Å². The van der Waals surface area contributed by atoms with Gasteiger partial charge in [-0.05, 0) is 18.6 Å². The average Bonchev–Trinajstić information content (AvgIpc) is 1.85. The van der Waals surface area contributed by atoms with E-state index in [9.17, 15) is 4.39 Å². The van der Waals surface area contributed by atoms with Crippen LogP contribution in [0.2, 0.25) is 0 Å². The number of aryl methyl sites for hydroxylation is 1. The van der Waals surface area contributed by atoms with Crippen LogP contribution in [-0.2, 0) is 0 Å². The van der Waals surface area contributed by atoms with E-state index in [1.165, 1.54) is 6.07 Å². The van der Waals surface area contributed by atoms with Crippen molar-refractivity contribution in [1.29, 1.82) is 5.39 Å². The standard InChI is InChI=1S/C7H6FN2/c1-5-2-6(8)4-7(3-5)10-9/h2-4H,1H3/q+1. The third-order valence-electron chi connectivity index (χ3n) is 1.14. The van der Waals surface area contributed by atoms with E-state index in [1.54, 1.807) is 13.0 Å². The summed E-state index contributed by atoms with van der Waals surface area (Å²) in [7, 11) is 0. The molecular weight excluding hydrogens is 131 g/mol. The number of diazo groups is 1. The average molecular weight is 137 g/mol. The maximum atomic E-state index is 12.4. The molecule has 0 aliphatic heterocycles. The first kappa shape index (κ1) is 6.69. The van der Waals surface area contributed by atoms with Crippen LogP contribution in [0, 0.1) is 18.1 Å². The molecule has 0 saturated heterocycles. The van der Waals surface area contributed by atoms with Gasteiger partial charge in [0.15, 0.2) is 4.98 Å². The molecule has 0 fully saturated rings. The lowest BCUT2D eigenvalue weighted by atomic mass is 10.2. The zero-order valence-electron chi connectivity index (χ0n) is 5.50. The van der Waals surface area contributed by atoms with Gasteiger partial charge in [-0.15, -0.1) is 0 Å². The molecule has 0 bridgehead atoms. The molecule has 0 unspecified atom stereocenters. The molecule has 2 nitrogen and oxygen atoms in total. The quantitative estimate of drug-likeness (QED) is 0.505. The summed E-state index contributed by atoms with van der Waals surface area (Å²) in [6.45, 7) is 1.73. The molecule has 0 atom stereocenters. The first-order valence-corrected chi connectivity index (χ1v) is 2.84. The number of hydrogen-bond acceptors (Lipinski definition) is 1. The minimum Gasteiger partial charge on any atom is -0.207 e. The van der Waals surface area contributed by atoms with Crippen molar-refractivity contribution in [2.24, 2.45) is 0 Å². The number of benzene rings is 1. The molecule has 1 aromatic rings. The Bertz CT molecular complexity index is 268. The zero-order chi connectivity index (χ0) is 7.56. The van der Waals surface area contributed by atoms with Crippen LogP contribution in [0.4, 0.5) is 10.1 Å². The summed E-state index contributed by atoms with van der Waals surface area (Å²) in [5, 5.41) is 8.24. The molecule has 1 rings (SSSR count). The van der Waals surface area contributed by atoms with Gasteiger partial charge in [0.25, 0.3) is 0 Å². The zero-order valence-corrected chi connectivity index (χ0v) is 5.50. The molecule has 0 aliphatic carbocycles. The molecular formula is C7H6FN2+. The minimum absolute atomic E-state index is 0.248. The van der Waals surface area contributed by atoms with E-state index in [1.807, 2.05) is 0 Å². The minimum atomic E-state index is -0.382. The highest BCUT2D eigenvalue weighted by atomic mass is 19.1. The highest BCUT2D eigenvalue weighted by molar-refractivity contribution is 5.45. The van der Waals surface area contributed by atoms with Gasteiger partial charge in [0.05, 0.1) is 6.07 Å². The van der Waals surface area contributed by atoms with Gasteiger partial charge >= 0.3 is 5.69 Å². The molecule has 0 heterocycles. The second-order valence-electron chi connectivity index (χ2n) is 2.09. The van der Waals surface area contributed by atoms with Crippen molar-refractivity contribution in [3.8, 4) is 0 Å². The Kier molecular flexibility index (Phi) is 1.63. The third kappa shape index (κ3) is 1.29. The van der Waals surface area contributed by atoms with E-state index in [0.717, 1.165) is 11.6 Å². The number of nitrogens with zero attached hydrogens (tertiary/aromatic N) is 2. The predicted octanol–water partition coefficient (Wildman–Crippen LogP) is 2.62. The maximum absolute atomic E-state index is 12.4. The van der Waals surface area contributed by atoms with Crippen molar-refractivity contribution in [1.82, 2.24) is 0 Å². The topological polar surface area (TPSA) is 28.1 Å². The summed E-state index contributed by atoms with van der Waals surface area (Å²) in [6.07, 6.45) is 0. The molecule has 0 amide bonds. The Morgan fingerprint density at radius 1 is 1.40 bits per heavy atom. The summed E-state index contributed by atoms with van der Waals surface area (Å²) in [4.78, 5) is 2.85. The molecule has 10 heavy (non-hydrogen) atoms. The lowest BCUT2D eigenvalue weighted by Gasteiger charge is -1.85. The van der Waals surface area contributed by atoms with E-state index < -0.39 is 0 Å². The first-order valence-electron chi connectivity index (χ1n) is 2.84. The third-order valence-corrected chi connectivity index (χ3v) is 1.14. The fourth-order valence-corrected chi connectivity index (χ4v) is 0.775. The van der Waals surface area contributed by atoms with Gasteiger partial charge in [-0.25, -0.2) is 4.39 Å². The number of rotatable bonds is 0. The van der Waals surface area contributed by atoms with E-state index in [2.05, 4.69) is 4.98 Å². The summed E-state index contributed by atoms with van der Waals surface area (Å²) in [6, 6.07) is 4.12. The van der Waals surface area contributed by atoms with E-state index in [4.69, 9.17) is 5.39 Å². The monoisotopic (exact) mass is 137 g/mol. The van der Waals surface area contributed by atoms with Crippen LogP contribution in [0.25, 0.3) is 4.98 Å². The maximum Gasteiger partial charge on any atom is 0.388 e. The van der Waals surface area contributed by atoms with Gasteiger partial charge in [-0.3, -0.25) is 0 Å². The van der Waals surface area contributed by atoms with Crippen molar-refractivity contribution in [3.05, 3.63) is 34.6 Å². The van der Waals surface area contributed by atoms with Crippen LogP contribution in [0.5, 0.6) is 0 Å². The largest absolute Gasteiger partial charge is 0.388 e. The van der Waals surface area contributed by atoms with Crippen molar-refractivity contribution in [2.45, 2.75) is 6.92 Å². The summed E-state index contributed by atoms with van der Waals surface area (Å²) < 4.78 is 12.4. The Morgan fingerprint density at radius 3 is 2.60 bits per heavy atom. The van der Waals surface area contributed by atoms with Gasteiger partial charge in [0, 0.05) is 6.07 Å². The smallest absolute Gasteiger partial charge is 0.207 e. The van der Waals surface area contributed by atoms with Crippen molar-refractivity contribution in [2.75, 3.05) is 0 Å². The lowest BCUT2D eigenvalue weighted by molar-refractivity contribution is 0.627. The second-order valence-corrected chi connectivity index (χ2v) is 2.09. The highest BCUT2D eigenvalue weighted by Crippen LogP contribution is 2.15. The Morgan fingerprint density at radius 2 is 2.10 bits per heavy atom. The lowest BCUT2D eigenvalue weighted by Crippen LogP contribution is -1.74. The van der Waals surface area contributed by atoms with Crippen molar-refractivity contribution < 1.29 is 4.39 Å². The van der Waals surface area contributed by atoms with Crippen LogP contribution >= 0.6 is 0 Å². The fourth-order valence-electron chi connectivity index (χ4n) is 0.775. The van der Waals surface area contributed by atoms with E-state index in [-0.39, 0.29) is 11.5 Å². The molecule has 1 aromatic carbocycles. The van der Waals surface area contributed by atoms with Gasteiger partial charge < -0.3 is 0 Å². The van der Waals surface area contributed by atoms with Gasteiger partial charge in [-0.2, -0.15) is 0 Å². The number of halogens is 1. The summed E-state index contributed by atoms with van der Waals surface area (Å²) >= 11 is 0. The van der Waals surface area contributed by atoms with Crippen molar-refractivity contribution in [3.63, 3.8) is 0 Å². The SMILES string of the molecule is Cc1cc(F)cc([N+]#N)c1. The molecule has 0 aliphatic rings. The van der Waals surface area contributed by atoms with E-state index in [0.29, 0.717) is 0 Å². The number of hydrogen-bond donors (Lipinski definition) is 0. The summed E-state index contributed by atoms with van der Waals surface area (Å²) in [5.74, 6) is -0.382. The Balaban J connectivity index is 3.22. The van der Waals surface area contributed by atoms with Gasteiger partial charge in [-0.1, -0.05) is 0 Å². The first-order chi connectivity index (χ1) is 4.72. The molecule has 0 N–H and O–H groups in total. The highest BCUT2D eigenvalue weighted by Gasteiger charge is 2.05. The molecule has 0 saturated carbocycles. The van der Waals surface area contributed by atoms with Crippen molar-refractivity contribution >= 4 is 5.69 Å². The predicted molar refractivity (Wildman–Crippen MR) is 35.9 cm³/mol. The Labute approximate surface area is 57.9 Å². The van der Waals surface area contributed by atoms with Crippen LogP contribution in [-0.4, -0.2) is 0 Å². The van der Waals surface area contributed by atoms with Crippen LogP contribution in [0.15, 0.2) is 18.2 Å². The van der Waals surface area contributed by atoms with Crippen LogP contribution in [0.3, 0.4) is 0 Å². The van der Waals surface area contributed by atoms with Gasteiger partial charge in [0.2, 0.25) is 5.39 Å². The summed E-state index contributed by atoms with van der Waals surface area (Å²) in [5.41, 5.74) is 0.991. The molecule has 0 radical (unpaired) electrons. The van der Waals surface area contributed by atoms with Crippen LogP contribution < -0.4 is 0 Å². The second kappa shape index (κ2) is 2.44.